The second-order valence-corrected chi connectivity index (χ2v) is 7.91. The zero-order chi connectivity index (χ0) is 19.0. The van der Waals surface area contributed by atoms with Crippen molar-refractivity contribution in [3.05, 3.63) is 59.3 Å². The third-order valence-corrected chi connectivity index (χ3v) is 6.06. The lowest BCUT2D eigenvalue weighted by atomic mass is 9.86. The largest absolute Gasteiger partial charge is 0.396 e. The fraction of sp³-hybridized carbons (Fsp3) is 0.417. The van der Waals surface area contributed by atoms with Gasteiger partial charge in [-0.15, -0.1) is 0 Å². The summed E-state index contributed by atoms with van der Waals surface area (Å²) in [5.41, 5.74) is 7.15. The van der Waals surface area contributed by atoms with Gasteiger partial charge in [-0.25, -0.2) is 0 Å². The highest BCUT2D eigenvalue weighted by atomic mass is 16.5. The lowest BCUT2D eigenvalue weighted by molar-refractivity contribution is -0.0795. The van der Waals surface area contributed by atoms with Gasteiger partial charge in [-0.3, -0.25) is 0 Å². The molecule has 2 heterocycles. The number of aromatic amines is 1. The van der Waals surface area contributed by atoms with Gasteiger partial charge in [0.05, 0.1) is 17.8 Å². The molecule has 0 aliphatic carbocycles. The fourth-order valence-corrected chi connectivity index (χ4v) is 4.45. The predicted octanol–water partition coefficient (Wildman–Crippen LogP) is 5.52. The first-order chi connectivity index (χ1) is 13.1. The minimum atomic E-state index is -0.409. The Bertz CT molecular complexity index is 942. The summed E-state index contributed by atoms with van der Waals surface area (Å²) in [4.78, 5) is 3.74. The number of benzene rings is 2. The molecule has 1 aliphatic heterocycles. The fourth-order valence-electron chi connectivity index (χ4n) is 4.45. The number of aliphatic hydroxyl groups excluding tert-OH is 1. The van der Waals surface area contributed by atoms with E-state index in [1.807, 2.05) is 0 Å². The average Bonchev–Trinajstić information content (AvgIpc) is 3.08. The highest BCUT2D eigenvalue weighted by molar-refractivity contribution is 5.98. The van der Waals surface area contributed by atoms with Gasteiger partial charge in [-0.05, 0) is 47.6 Å². The van der Waals surface area contributed by atoms with E-state index in [1.165, 1.54) is 38.9 Å². The van der Waals surface area contributed by atoms with Crippen molar-refractivity contribution in [2.75, 3.05) is 13.2 Å². The van der Waals surface area contributed by atoms with Crippen LogP contribution in [0.1, 0.15) is 56.4 Å². The molecule has 1 aromatic heterocycles. The van der Waals surface area contributed by atoms with E-state index < -0.39 is 5.60 Å². The summed E-state index contributed by atoms with van der Waals surface area (Å²) >= 11 is 0. The molecule has 1 aliphatic rings. The normalized spacial score (nSPS) is 19.6. The van der Waals surface area contributed by atoms with Crippen molar-refractivity contribution in [1.82, 2.24) is 4.98 Å². The second kappa shape index (κ2) is 7.14. The third kappa shape index (κ3) is 2.99. The molecule has 1 unspecified atom stereocenters. The number of fused-ring (bicyclic) bond motifs is 3. The van der Waals surface area contributed by atoms with Gasteiger partial charge in [0, 0.05) is 24.0 Å². The Hall–Kier alpha value is -2.10. The minimum Gasteiger partial charge on any atom is -0.396 e. The van der Waals surface area contributed by atoms with Crippen LogP contribution in [0.3, 0.4) is 0 Å². The molecule has 3 aromatic rings. The minimum absolute atomic E-state index is 0.130. The van der Waals surface area contributed by atoms with Crippen LogP contribution in [0.15, 0.2) is 42.5 Å². The standard InChI is InChI=1S/C24H29NO2/c1-4-24(11-12-26)23-19(10-13-27-24)21-15-18(16(2)3)14-20(22(21)25-23)17-8-6-5-7-9-17/h5-9,14-16,25-26H,4,10-13H2,1-3H3. The predicted molar refractivity (Wildman–Crippen MR) is 111 cm³/mol. The Kier molecular flexibility index (Phi) is 4.83. The van der Waals surface area contributed by atoms with Crippen LogP contribution >= 0.6 is 0 Å². The zero-order valence-corrected chi connectivity index (χ0v) is 16.5. The van der Waals surface area contributed by atoms with Crippen LogP contribution in [0.25, 0.3) is 22.0 Å². The maximum Gasteiger partial charge on any atom is 0.110 e. The highest BCUT2D eigenvalue weighted by Gasteiger charge is 2.38. The van der Waals surface area contributed by atoms with Crippen LogP contribution in [0.2, 0.25) is 0 Å². The number of aliphatic hydroxyl groups is 1. The van der Waals surface area contributed by atoms with Crippen molar-refractivity contribution >= 4 is 10.9 Å². The molecule has 27 heavy (non-hydrogen) atoms. The summed E-state index contributed by atoms with van der Waals surface area (Å²) in [6, 6.07) is 15.3. The zero-order valence-electron chi connectivity index (χ0n) is 16.5. The summed E-state index contributed by atoms with van der Waals surface area (Å²) < 4.78 is 6.24. The van der Waals surface area contributed by atoms with Crippen molar-refractivity contribution < 1.29 is 9.84 Å². The molecular weight excluding hydrogens is 334 g/mol. The lowest BCUT2D eigenvalue weighted by Gasteiger charge is -2.36. The number of rotatable bonds is 5. The second-order valence-electron chi connectivity index (χ2n) is 7.91. The maximum absolute atomic E-state index is 9.67. The smallest absolute Gasteiger partial charge is 0.110 e. The van der Waals surface area contributed by atoms with Crippen molar-refractivity contribution in [3.8, 4) is 11.1 Å². The molecule has 3 nitrogen and oxygen atoms in total. The molecule has 0 amide bonds. The van der Waals surface area contributed by atoms with Gasteiger partial charge in [0.15, 0.2) is 0 Å². The van der Waals surface area contributed by atoms with E-state index in [2.05, 4.69) is 68.2 Å². The molecule has 2 aromatic carbocycles. The van der Waals surface area contributed by atoms with Crippen molar-refractivity contribution in [3.63, 3.8) is 0 Å². The first-order valence-electron chi connectivity index (χ1n) is 10.1. The van der Waals surface area contributed by atoms with E-state index in [-0.39, 0.29) is 6.61 Å². The van der Waals surface area contributed by atoms with Crippen LogP contribution in [0, 0.1) is 0 Å². The van der Waals surface area contributed by atoms with Gasteiger partial charge in [-0.2, -0.15) is 0 Å². The van der Waals surface area contributed by atoms with E-state index >= 15 is 0 Å². The highest BCUT2D eigenvalue weighted by Crippen LogP contribution is 2.44. The molecule has 0 bridgehead atoms. The molecule has 142 valence electrons. The Morgan fingerprint density at radius 3 is 2.63 bits per heavy atom. The number of hydrogen-bond acceptors (Lipinski definition) is 2. The first-order valence-corrected chi connectivity index (χ1v) is 10.1. The number of aromatic nitrogens is 1. The number of H-pyrrole nitrogens is 1. The van der Waals surface area contributed by atoms with Gasteiger partial charge < -0.3 is 14.8 Å². The molecule has 4 rings (SSSR count). The van der Waals surface area contributed by atoms with Gasteiger partial charge in [0.2, 0.25) is 0 Å². The topological polar surface area (TPSA) is 45.2 Å². The van der Waals surface area contributed by atoms with Crippen molar-refractivity contribution in [2.45, 2.75) is 51.6 Å². The number of nitrogens with one attached hydrogen (secondary N) is 1. The quantitative estimate of drug-likeness (QED) is 0.627. The molecule has 0 saturated heterocycles. The van der Waals surface area contributed by atoms with Crippen molar-refractivity contribution in [1.29, 1.82) is 0 Å². The first kappa shape index (κ1) is 18.3. The van der Waals surface area contributed by atoms with Crippen molar-refractivity contribution in [2.24, 2.45) is 0 Å². The summed E-state index contributed by atoms with van der Waals surface area (Å²) in [6.07, 6.45) is 2.39. The van der Waals surface area contributed by atoms with E-state index in [0.717, 1.165) is 12.8 Å². The molecule has 0 fully saturated rings. The van der Waals surface area contributed by atoms with Crippen LogP contribution in [-0.2, 0) is 16.8 Å². The summed E-state index contributed by atoms with van der Waals surface area (Å²) in [5.74, 6) is 0.468. The molecule has 3 heteroatoms. The van der Waals surface area contributed by atoms with Gasteiger partial charge >= 0.3 is 0 Å². The van der Waals surface area contributed by atoms with Gasteiger partial charge in [-0.1, -0.05) is 51.1 Å². The molecular formula is C24H29NO2. The average molecular weight is 364 g/mol. The number of ether oxygens (including phenoxy) is 1. The van der Waals surface area contributed by atoms with Gasteiger partial charge in [0.25, 0.3) is 0 Å². The van der Waals surface area contributed by atoms with Crippen LogP contribution in [0.4, 0.5) is 0 Å². The van der Waals surface area contributed by atoms with Crippen LogP contribution < -0.4 is 0 Å². The Balaban J connectivity index is 2.02. The van der Waals surface area contributed by atoms with Crippen LogP contribution in [-0.4, -0.2) is 23.3 Å². The third-order valence-electron chi connectivity index (χ3n) is 6.06. The van der Waals surface area contributed by atoms with Crippen LogP contribution in [0.5, 0.6) is 0 Å². The SMILES string of the molecule is CCC1(CCO)OCCc2c1[nH]c1c(-c3ccccc3)cc(C(C)C)cc21. The molecule has 0 saturated carbocycles. The van der Waals surface area contributed by atoms with E-state index in [1.54, 1.807) is 0 Å². The lowest BCUT2D eigenvalue weighted by Crippen LogP contribution is -2.36. The molecule has 2 N–H and O–H groups in total. The summed E-state index contributed by atoms with van der Waals surface area (Å²) in [5, 5.41) is 11.0. The Morgan fingerprint density at radius 1 is 1.19 bits per heavy atom. The molecule has 1 atom stereocenters. The summed E-state index contributed by atoms with van der Waals surface area (Å²) in [7, 11) is 0. The Morgan fingerprint density at radius 2 is 1.96 bits per heavy atom. The van der Waals surface area contributed by atoms with E-state index in [9.17, 15) is 5.11 Å². The number of hydrogen-bond donors (Lipinski definition) is 2. The molecule has 0 radical (unpaired) electrons. The van der Waals surface area contributed by atoms with Gasteiger partial charge in [0.1, 0.15) is 5.60 Å². The van der Waals surface area contributed by atoms with E-state index in [0.29, 0.717) is 18.9 Å². The summed E-state index contributed by atoms with van der Waals surface area (Å²) in [6.45, 7) is 7.49. The maximum atomic E-state index is 9.67. The van der Waals surface area contributed by atoms with E-state index in [4.69, 9.17) is 4.74 Å². The Labute approximate surface area is 161 Å². The molecule has 0 spiro atoms. The monoisotopic (exact) mass is 363 g/mol.